The van der Waals surface area contributed by atoms with Crippen LogP contribution in [0.3, 0.4) is 0 Å². The fourth-order valence-electron chi connectivity index (χ4n) is 10.2. The Morgan fingerprint density at radius 3 is 1.53 bits per heavy atom. The van der Waals surface area contributed by atoms with Gasteiger partial charge >= 0.3 is 0 Å². The highest BCUT2D eigenvalue weighted by Crippen LogP contribution is 2.54. The second kappa shape index (κ2) is 13.3. The Balaban J connectivity index is 1.06. The van der Waals surface area contributed by atoms with Crippen molar-refractivity contribution in [2.45, 2.75) is 38.5 Å². The van der Waals surface area contributed by atoms with Gasteiger partial charge < -0.3 is 4.90 Å². The zero-order chi connectivity index (χ0) is 39.9. The molecule has 0 heterocycles. The highest BCUT2D eigenvalue weighted by Gasteiger charge is 2.37. The standard InChI is InChI=1S/C58H45N/c1-57(2)52-35-27-43(39-16-9-6-10-17-39)36-50(52)56-47(33-26-42-18-13-21-53(57)55(42)56)41-24-30-45(31-25-41)59(44-28-22-40(23-29-44)38-14-7-5-8-15-38)46-32-34-49-48-19-11-12-20-51(48)58(3,4)54(49)37-46/h5-37H,1-4H3. The largest absolute Gasteiger partial charge is 0.310 e. The van der Waals surface area contributed by atoms with Crippen LogP contribution in [0.4, 0.5) is 17.1 Å². The van der Waals surface area contributed by atoms with Crippen LogP contribution in [-0.2, 0) is 10.8 Å². The first kappa shape index (κ1) is 35.2. The van der Waals surface area contributed by atoms with Crippen LogP contribution in [0.1, 0.15) is 49.9 Å². The van der Waals surface area contributed by atoms with Crippen LogP contribution in [-0.4, -0.2) is 0 Å². The summed E-state index contributed by atoms with van der Waals surface area (Å²) in [6.07, 6.45) is 0. The highest BCUT2D eigenvalue weighted by molar-refractivity contribution is 6.09. The van der Waals surface area contributed by atoms with Crippen LogP contribution in [0.25, 0.3) is 66.4 Å². The van der Waals surface area contributed by atoms with Gasteiger partial charge in [-0.15, -0.1) is 0 Å². The fraction of sp³-hybridized carbons (Fsp3) is 0.103. The van der Waals surface area contributed by atoms with Crippen LogP contribution in [0.15, 0.2) is 200 Å². The average Bonchev–Trinajstić information content (AvgIpc) is 3.51. The number of hydrogen-bond acceptors (Lipinski definition) is 1. The van der Waals surface area contributed by atoms with Gasteiger partial charge in [0.25, 0.3) is 0 Å². The van der Waals surface area contributed by atoms with Crippen molar-refractivity contribution in [3.8, 4) is 55.6 Å². The third-order valence-corrected chi connectivity index (χ3v) is 13.3. The summed E-state index contributed by atoms with van der Waals surface area (Å²) in [5.41, 5.74) is 21.4. The van der Waals surface area contributed by atoms with E-state index in [1.165, 1.54) is 88.7 Å². The number of rotatable bonds is 6. The van der Waals surface area contributed by atoms with Gasteiger partial charge in [0, 0.05) is 27.9 Å². The molecule has 1 heteroatoms. The zero-order valence-electron chi connectivity index (χ0n) is 34.0. The molecule has 0 amide bonds. The number of anilines is 3. The van der Waals surface area contributed by atoms with Gasteiger partial charge in [0.1, 0.15) is 0 Å². The molecular weight excluding hydrogens is 711 g/mol. The Hall–Kier alpha value is -6.96. The Labute approximate surface area is 347 Å². The topological polar surface area (TPSA) is 3.24 Å². The van der Waals surface area contributed by atoms with E-state index in [2.05, 4.69) is 233 Å². The first-order valence-corrected chi connectivity index (χ1v) is 20.8. The molecule has 282 valence electrons. The second-order valence-corrected chi connectivity index (χ2v) is 17.3. The first-order chi connectivity index (χ1) is 28.8. The van der Waals surface area contributed by atoms with Crippen molar-refractivity contribution in [1.29, 1.82) is 0 Å². The lowest BCUT2D eigenvalue weighted by Gasteiger charge is -2.36. The van der Waals surface area contributed by atoms with Crippen molar-refractivity contribution in [2.24, 2.45) is 0 Å². The molecule has 0 aliphatic heterocycles. The SMILES string of the molecule is CC1(C)c2ccccc2-c2ccc(N(c3ccc(-c4ccccc4)cc3)c3ccc(-c4ccc5cccc6c5c4-c4cc(-c5ccccc5)ccc4C6(C)C)cc3)cc21. The summed E-state index contributed by atoms with van der Waals surface area (Å²) in [6.45, 7) is 9.48. The maximum Gasteiger partial charge on any atom is 0.0465 e. The molecule has 0 saturated heterocycles. The normalized spacial score (nSPS) is 14.0. The van der Waals surface area contributed by atoms with Gasteiger partial charge in [-0.05, 0) is 131 Å². The molecule has 0 spiro atoms. The van der Waals surface area contributed by atoms with E-state index in [4.69, 9.17) is 0 Å². The zero-order valence-corrected chi connectivity index (χ0v) is 34.0. The van der Waals surface area contributed by atoms with Crippen molar-refractivity contribution in [1.82, 2.24) is 0 Å². The molecule has 0 bridgehead atoms. The second-order valence-electron chi connectivity index (χ2n) is 17.3. The lowest BCUT2D eigenvalue weighted by Crippen LogP contribution is -2.24. The summed E-state index contributed by atoms with van der Waals surface area (Å²) in [7, 11) is 0. The molecule has 11 rings (SSSR count). The molecule has 0 aromatic heterocycles. The van der Waals surface area contributed by atoms with E-state index in [-0.39, 0.29) is 10.8 Å². The molecule has 1 nitrogen and oxygen atoms in total. The minimum absolute atomic E-state index is 0.101. The quantitative estimate of drug-likeness (QED) is 0.163. The summed E-state index contributed by atoms with van der Waals surface area (Å²) in [5.74, 6) is 0. The van der Waals surface area contributed by atoms with Gasteiger partial charge in [-0.1, -0.05) is 185 Å². The molecule has 2 aliphatic rings. The Kier molecular flexibility index (Phi) is 7.94. The summed E-state index contributed by atoms with van der Waals surface area (Å²) in [6, 6.07) is 74.3. The van der Waals surface area contributed by atoms with Crippen molar-refractivity contribution in [3.05, 3.63) is 222 Å². The molecule has 0 radical (unpaired) electrons. The number of benzene rings is 9. The van der Waals surface area contributed by atoms with Crippen molar-refractivity contribution >= 4 is 27.8 Å². The molecule has 9 aromatic carbocycles. The lowest BCUT2D eigenvalue weighted by atomic mass is 9.67. The van der Waals surface area contributed by atoms with E-state index in [0.717, 1.165) is 17.1 Å². The van der Waals surface area contributed by atoms with E-state index >= 15 is 0 Å². The van der Waals surface area contributed by atoms with E-state index in [1.807, 2.05) is 0 Å². The van der Waals surface area contributed by atoms with Gasteiger partial charge in [0.05, 0.1) is 0 Å². The molecule has 9 aromatic rings. The van der Waals surface area contributed by atoms with E-state index in [1.54, 1.807) is 0 Å². The van der Waals surface area contributed by atoms with Gasteiger partial charge in [0.2, 0.25) is 0 Å². The van der Waals surface area contributed by atoms with Gasteiger partial charge in [-0.25, -0.2) is 0 Å². The molecular formula is C58H45N. The molecule has 0 atom stereocenters. The van der Waals surface area contributed by atoms with Crippen LogP contribution in [0, 0.1) is 0 Å². The predicted octanol–water partition coefficient (Wildman–Crippen LogP) is 15.9. The summed E-state index contributed by atoms with van der Waals surface area (Å²) < 4.78 is 0. The molecule has 59 heavy (non-hydrogen) atoms. The van der Waals surface area contributed by atoms with Gasteiger partial charge in [-0.3, -0.25) is 0 Å². The van der Waals surface area contributed by atoms with Crippen LogP contribution < -0.4 is 4.90 Å². The average molecular weight is 756 g/mol. The monoisotopic (exact) mass is 755 g/mol. The minimum atomic E-state index is -0.137. The van der Waals surface area contributed by atoms with Gasteiger partial charge in [0.15, 0.2) is 0 Å². The minimum Gasteiger partial charge on any atom is -0.310 e. The summed E-state index contributed by atoms with van der Waals surface area (Å²) in [4.78, 5) is 2.42. The maximum absolute atomic E-state index is 2.43. The molecule has 2 aliphatic carbocycles. The molecule has 0 fully saturated rings. The molecule has 0 saturated carbocycles. The first-order valence-electron chi connectivity index (χ1n) is 20.8. The van der Waals surface area contributed by atoms with Crippen molar-refractivity contribution in [3.63, 3.8) is 0 Å². The third kappa shape index (κ3) is 5.53. The van der Waals surface area contributed by atoms with E-state index in [0.29, 0.717) is 0 Å². The Morgan fingerprint density at radius 2 is 0.814 bits per heavy atom. The molecule has 0 unspecified atom stereocenters. The van der Waals surface area contributed by atoms with Gasteiger partial charge in [-0.2, -0.15) is 0 Å². The van der Waals surface area contributed by atoms with Crippen molar-refractivity contribution < 1.29 is 0 Å². The Bertz CT molecular complexity index is 3060. The smallest absolute Gasteiger partial charge is 0.0465 e. The number of hydrogen-bond donors (Lipinski definition) is 0. The van der Waals surface area contributed by atoms with Crippen LogP contribution >= 0.6 is 0 Å². The maximum atomic E-state index is 2.43. The third-order valence-electron chi connectivity index (χ3n) is 13.3. The summed E-state index contributed by atoms with van der Waals surface area (Å²) in [5, 5.41) is 2.65. The lowest BCUT2D eigenvalue weighted by molar-refractivity contribution is 0.645. The van der Waals surface area contributed by atoms with Crippen molar-refractivity contribution in [2.75, 3.05) is 4.90 Å². The van der Waals surface area contributed by atoms with E-state index in [9.17, 15) is 0 Å². The van der Waals surface area contributed by atoms with Crippen LogP contribution in [0.2, 0.25) is 0 Å². The van der Waals surface area contributed by atoms with Crippen LogP contribution in [0.5, 0.6) is 0 Å². The fourth-order valence-corrected chi connectivity index (χ4v) is 10.2. The number of fused-ring (bicyclic) bond motifs is 5. The highest BCUT2D eigenvalue weighted by atomic mass is 15.1. The van der Waals surface area contributed by atoms with E-state index < -0.39 is 0 Å². The molecule has 0 N–H and O–H groups in total. The summed E-state index contributed by atoms with van der Waals surface area (Å²) >= 11 is 0. The Morgan fingerprint density at radius 1 is 0.305 bits per heavy atom. The predicted molar refractivity (Wildman–Crippen MR) is 250 cm³/mol. The number of nitrogens with zero attached hydrogens (tertiary/aromatic N) is 1.